The van der Waals surface area contributed by atoms with Crippen LogP contribution >= 0.6 is 24.0 Å². The predicted molar refractivity (Wildman–Crippen MR) is 164 cm³/mol. The molecule has 40 heavy (non-hydrogen) atoms. The molecule has 0 bridgehead atoms. The molecule has 2 saturated heterocycles. The Kier molecular flexibility index (Phi) is 8.91. The molecule has 1 unspecified atom stereocenters. The number of anilines is 1. The van der Waals surface area contributed by atoms with Gasteiger partial charge in [0.15, 0.2) is 5.11 Å². The van der Waals surface area contributed by atoms with Crippen LogP contribution in [0.2, 0.25) is 0 Å². The number of thiocarbonyl (C=S) groups is 1. The summed E-state index contributed by atoms with van der Waals surface area (Å²) in [6, 6.07) is 27.3. The second kappa shape index (κ2) is 12.7. The Hall–Kier alpha value is -3.56. The van der Waals surface area contributed by atoms with Crippen molar-refractivity contribution in [1.82, 2.24) is 15.1 Å². The van der Waals surface area contributed by atoms with Gasteiger partial charge in [-0.25, -0.2) is 0 Å². The first kappa shape index (κ1) is 28.0. The molecule has 0 aliphatic carbocycles. The van der Waals surface area contributed by atoms with E-state index in [9.17, 15) is 9.59 Å². The Morgan fingerprint density at radius 2 is 1.68 bits per heavy atom. The third-order valence-electron chi connectivity index (χ3n) is 7.61. The van der Waals surface area contributed by atoms with Crippen molar-refractivity contribution >= 4 is 46.6 Å². The van der Waals surface area contributed by atoms with E-state index >= 15 is 0 Å². The molecule has 2 N–H and O–H groups in total. The van der Waals surface area contributed by atoms with E-state index in [1.807, 2.05) is 89.5 Å². The molecule has 7 nitrogen and oxygen atoms in total. The summed E-state index contributed by atoms with van der Waals surface area (Å²) < 4.78 is 5.27. The fourth-order valence-corrected chi connectivity index (χ4v) is 6.79. The zero-order valence-electron chi connectivity index (χ0n) is 22.5. The topological polar surface area (TPSA) is 73.9 Å². The third kappa shape index (κ3) is 6.26. The fraction of sp³-hybridized carbons (Fsp3) is 0.323. The lowest BCUT2D eigenvalue weighted by Gasteiger charge is -2.45. The van der Waals surface area contributed by atoms with Crippen molar-refractivity contribution < 1.29 is 14.3 Å². The number of amides is 2. The van der Waals surface area contributed by atoms with Crippen LogP contribution < -0.4 is 15.4 Å². The SMILES string of the molecule is COc1ccc(NC(=O)C2(N(Cc3ccccc3)C(=O)CN3CC(c4ccccc4)NC3=S)CCSCC2)cc1. The number of nitrogens with zero attached hydrogens (tertiary/aromatic N) is 2. The van der Waals surface area contributed by atoms with Gasteiger partial charge in [0.2, 0.25) is 11.8 Å². The molecule has 9 heteroatoms. The number of methoxy groups -OCH3 is 1. The normalized spacial score (nSPS) is 18.1. The minimum atomic E-state index is -0.980. The van der Waals surface area contributed by atoms with Crippen LogP contribution in [0.1, 0.15) is 30.0 Å². The van der Waals surface area contributed by atoms with Gasteiger partial charge < -0.3 is 25.2 Å². The van der Waals surface area contributed by atoms with Crippen LogP contribution in [0.4, 0.5) is 5.69 Å². The molecule has 0 radical (unpaired) electrons. The molecule has 3 aromatic rings. The van der Waals surface area contributed by atoms with Gasteiger partial charge in [-0.15, -0.1) is 0 Å². The van der Waals surface area contributed by atoms with Crippen molar-refractivity contribution in [2.75, 3.05) is 37.0 Å². The lowest BCUT2D eigenvalue weighted by atomic mass is 9.87. The number of benzene rings is 3. The zero-order chi connectivity index (χ0) is 28.0. The number of carbonyl (C=O) groups excluding carboxylic acids is 2. The van der Waals surface area contributed by atoms with E-state index in [-0.39, 0.29) is 24.4 Å². The maximum absolute atomic E-state index is 14.2. The Morgan fingerprint density at radius 1 is 1.02 bits per heavy atom. The van der Waals surface area contributed by atoms with Crippen LogP contribution in [0.3, 0.4) is 0 Å². The summed E-state index contributed by atoms with van der Waals surface area (Å²) in [5.41, 5.74) is 1.80. The van der Waals surface area contributed by atoms with Gasteiger partial charge in [0.25, 0.3) is 0 Å². The van der Waals surface area contributed by atoms with E-state index in [0.29, 0.717) is 42.5 Å². The number of rotatable bonds is 9. The molecule has 2 amide bonds. The van der Waals surface area contributed by atoms with Gasteiger partial charge in [-0.1, -0.05) is 60.7 Å². The predicted octanol–water partition coefficient (Wildman–Crippen LogP) is 4.86. The highest BCUT2D eigenvalue weighted by Crippen LogP contribution is 2.36. The number of hydrogen-bond acceptors (Lipinski definition) is 5. The molecule has 2 fully saturated rings. The molecular weight excluding hydrogens is 541 g/mol. The van der Waals surface area contributed by atoms with E-state index in [4.69, 9.17) is 17.0 Å². The van der Waals surface area contributed by atoms with Crippen LogP contribution in [0.5, 0.6) is 5.75 Å². The van der Waals surface area contributed by atoms with Crippen LogP contribution in [-0.4, -0.2) is 64.0 Å². The van der Waals surface area contributed by atoms with Gasteiger partial charge in [-0.2, -0.15) is 11.8 Å². The lowest BCUT2D eigenvalue weighted by Crippen LogP contribution is -2.61. The molecule has 3 aromatic carbocycles. The number of ether oxygens (including phenoxy) is 1. The highest BCUT2D eigenvalue weighted by atomic mass is 32.2. The number of hydrogen-bond donors (Lipinski definition) is 2. The van der Waals surface area contributed by atoms with Crippen molar-refractivity contribution in [3.8, 4) is 5.75 Å². The molecule has 1 atom stereocenters. The summed E-state index contributed by atoms with van der Waals surface area (Å²) >= 11 is 7.46. The molecule has 2 heterocycles. The van der Waals surface area contributed by atoms with Gasteiger partial charge in [0.05, 0.1) is 19.7 Å². The molecule has 208 valence electrons. The molecule has 2 aliphatic rings. The third-order valence-corrected chi connectivity index (χ3v) is 8.97. The summed E-state index contributed by atoms with van der Waals surface area (Å²) in [5, 5.41) is 7.02. The van der Waals surface area contributed by atoms with E-state index in [0.717, 1.165) is 22.6 Å². The van der Waals surface area contributed by atoms with Crippen molar-refractivity contribution in [2.45, 2.75) is 31.0 Å². The monoisotopic (exact) mass is 574 g/mol. The molecule has 2 aliphatic heterocycles. The van der Waals surface area contributed by atoms with Crippen molar-refractivity contribution in [2.24, 2.45) is 0 Å². The molecular formula is C31H34N4O3S2. The first-order valence-corrected chi connectivity index (χ1v) is 15.0. The van der Waals surface area contributed by atoms with E-state index in [1.165, 1.54) is 0 Å². The van der Waals surface area contributed by atoms with Gasteiger partial charge >= 0.3 is 0 Å². The highest BCUT2D eigenvalue weighted by molar-refractivity contribution is 7.99. The summed E-state index contributed by atoms with van der Waals surface area (Å²) in [4.78, 5) is 32.1. The minimum Gasteiger partial charge on any atom is -0.497 e. The van der Waals surface area contributed by atoms with E-state index in [2.05, 4.69) is 22.8 Å². The van der Waals surface area contributed by atoms with Gasteiger partial charge in [-0.3, -0.25) is 9.59 Å². The second-order valence-corrected chi connectivity index (χ2v) is 11.7. The zero-order valence-corrected chi connectivity index (χ0v) is 24.2. The smallest absolute Gasteiger partial charge is 0.250 e. The number of thioether (sulfide) groups is 1. The maximum atomic E-state index is 14.2. The largest absolute Gasteiger partial charge is 0.497 e. The Labute approximate surface area is 245 Å². The van der Waals surface area contributed by atoms with Gasteiger partial charge in [-0.05, 0) is 72.0 Å². The van der Waals surface area contributed by atoms with Gasteiger partial charge in [0.1, 0.15) is 11.3 Å². The Balaban J connectivity index is 1.42. The quantitative estimate of drug-likeness (QED) is 0.354. The average molecular weight is 575 g/mol. The van der Waals surface area contributed by atoms with Crippen LogP contribution in [0, 0.1) is 0 Å². The summed E-state index contributed by atoms with van der Waals surface area (Å²) in [6.07, 6.45) is 1.15. The average Bonchev–Trinajstić information content (AvgIpc) is 3.37. The maximum Gasteiger partial charge on any atom is 0.250 e. The van der Waals surface area contributed by atoms with E-state index in [1.54, 1.807) is 12.0 Å². The van der Waals surface area contributed by atoms with Crippen molar-refractivity contribution in [3.05, 3.63) is 96.1 Å². The summed E-state index contributed by atoms with van der Waals surface area (Å²) in [6.45, 7) is 1.04. The second-order valence-electron chi connectivity index (χ2n) is 10.1. The number of nitrogens with one attached hydrogen (secondary N) is 2. The molecule has 0 spiro atoms. The first-order chi connectivity index (χ1) is 19.5. The lowest BCUT2D eigenvalue weighted by molar-refractivity contribution is -0.147. The Morgan fingerprint density at radius 3 is 2.33 bits per heavy atom. The molecule has 5 rings (SSSR count). The van der Waals surface area contributed by atoms with Crippen molar-refractivity contribution in [3.63, 3.8) is 0 Å². The standard InChI is InChI=1S/C31H34N4O3S2/c1-38-26-14-12-25(13-15-26)32-29(37)31(16-18-40-19-17-31)35(20-23-8-4-2-5-9-23)28(36)22-34-21-27(33-30(34)39)24-10-6-3-7-11-24/h2-15,27H,16-22H2,1H3,(H,32,37)(H,33,39). The highest BCUT2D eigenvalue weighted by Gasteiger charge is 2.47. The van der Waals surface area contributed by atoms with E-state index < -0.39 is 5.54 Å². The Bertz CT molecular complexity index is 1320. The van der Waals surface area contributed by atoms with Gasteiger partial charge in [0, 0.05) is 18.8 Å². The van der Waals surface area contributed by atoms with Crippen LogP contribution in [0.25, 0.3) is 0 Å². The summed E-state index contributed by atoms with van der Waals surface area (Å²) in [7, 11) is 1.61. The minimum absolute atomic E-state index is 0.0162. The molecule has 0 saturated carbocycles. The van der Waals surface area contributed by atoms with Crippen molar-refractivity contribution in [1.29, 1.82) is 0 Å². The van der Waals surface area contributed by atoms with Crippen LogP contribution in [0.15, 0.2) is 84.9 Å². The summed E-state index contributed by atoms with van der Waals surface area (Å²) in [5.74, 6) is 2.04. The molecule has 0 aromatic heterocycles. The fourth-order valence-electron chi connectivity index (χ4n) is 5.34. The first-order valence-electron chi connectivity index (χ1n) is 13.5. The number of carbonyl (C=O) groups is 2. The van der Waals surface area contributed by atoms with Crippen LogP contribution in [-0.2, 0) is 16.1 Å².